The molecular formula is C24H24N4O2S. The van der Waals surface area contributed by atoms with Crippen molar-refractivity contribution in [1.29, 1.82) is 0 Å². The highest BCUT2D eigenvalue weighted by Crippen LogP contribution is 2.41. The summed E-state index contributed by atoms with van der Waals surface area (Å²) in [5, 5.41) is 5.50. The van der Waals surface area contributed by atoms with Crippen molar-refractivity contribution in [2.45, 2.75) is 38.8 Å². The molecule has 158 valence electrons. The average molecular weight is 433 g/mol. The van der Waals surface area contributed by atoms with E-state index in [9.17, 15) is 4.79 Å². The molecule has 0 unspecified atom stereocenters. The van der Waals surface area contributed by atoms with E-state index in [0.717, 1.165) is 40.5 Å². The zero-order chi connectivity index (χ0) is 21.4. The van der Waals surface area contributed by atoms with Gasteiger partial charge in [0.25, 0.3) is 5.56 Å². The Labute approximate surface area is 184 Å². The van der Waals surface area contributed by atoms with Crippen molar-refractivity contribution in [3.05, 3.63) is 86.8 Å². The van der Waals surface area contributed by atoms with Gasteiger partial charge in [0.15, 0.2) is 0 Å². The number of methoxy groups -OCH3 is 1. The third kappa shape index (κ3) is 4.32. The van der Waals surface area contributed by atoms with Gasteiger partial charge in [-0.1, -0.05) is 41.2 Å². The molecule has 0 N–H and O–H groups in total. The molecule has 0 amide bonds. The van der Waals surface area contributed by atoms with Gasteiger partial charge in [0.1, 0.15) is 10.8 Å². The quantitative estimate of drug-likeness (QED) is 0.429. The van der Waals surface area contributed by atoms with Crippen LogP contribution in [0.4, 0.5) is 5.69 Å². The van der Waals surface area contributed by atoms with Gasteiger partial charge in [-0.3, -0.25) is 4.79 Å². The fraction of sp³-hybridized carbons (Fsp3) is 0.292. The summed E-state index contributed by atoms with van der Waals surface area (Å²) < 4.78 is 6.73. The summed E-state index contributed by atoms with van der Waals surface area (Å²) in [4.78, 5) is 20.4. The van der Waals surface area contributed by atoms with Gasteiger partial charge in [0.2, 0.25) is 4.96 Å². The van der Waals surface area contributed by atoms with Gasteiger partial charge in [-0.25, -0.2) is 4.98 Å². The minimum atomic E-state index is -0.114. The van der Waals surface area contributed by atoms with Crippen LogP contribution in [0.1, 0.15) is 40.6 Å². The lowest BCUT2D eigenvalue weighted by Gasteiger charge is -2.25. The normalized spacial score (nSPS) is 13.5. The molecule has 31 heavy (non-hydrogen) atoms. The summed E-state index contributed by atoms with van der Waals surface area (Å²) in [5.74, 6) is 1.34. The van der Waals surface area contributed by atoms with Crippen molar-refractivity contribution >= 4 is 22.0 Å². The van der Waals surface area contributed by atoms with Gasteiger partial charge >= 0.3 is 0 Å². The molecular weight excluding hydrogens is 408 g/mol. The first-order valence-corrected chi connectivity index (χ1v) is 11.2. The van der Waals surface area contributed by atoms with Gasteiger partial charge in [-0.05, 0) is 49.6 Å². The van der Waals surface area contributed by atoms with Crippen LogP contribution in [-0.4, -0.2) is 21.7 Å². The lowest BCUT2D eigenvalue weighted by atomic mass is 10.1. The van der Waals surface area contributed by atoms with Gasteiger partial charge in [0.05, 0.1) is 19.3 Å². The molecule has 0 radical (unpaired) electrons. The fourth-order valence-electron chi connectivity index (χ4n) is 3.59. The third-order valence-corrected chi connectivity index (χ3v) is 6.60. The van der Waals surface area contributed by atoms with Crippen LogP contribution in [0.2, 0.25) is 0 Å². The van der Waals surface area contributed by atoms with Gasteiger partial charge < -0.3 is 9.64 Å². The van der Waals surface area contributed by atoms with Crippen LogP contribution in [0.3, 0.4) is 0 Å². The monoisotopic (exact) mass is 432 g/mol. The van der Waals surface area contributed by atoms with E-state index in [1.54, 1.807) is 13.2 Å². The van der Waals surface area contributed by atoms with Crippen LogP contribution in [-0.2, 0) is 13.1 Å². The molecule has 0 aliphatic heterocycles. The first-order valence-electron chi connectivity index (χ1n) is 10.4. The summed E-state index contributed by atoms with van der Waals surface area (Å²) in [5.41, 5.74) is 4.10. The molecule has 7 heteroatoms. The van der Waals surface area contributed by atoms with Crippen molar-refractivity contribution < 1.29 is 4.74 Å². The van der Waals surface area contributed by atoms with Crippen molar-refractivity contribution in [1.82, 2.24) is 14.6 Å². The maximum Gasteiger partial charge on any atom is 0.275 e. The SMILES string of the molecule is COc1ccc(CN(Cc2cc(=O)n3nc(C4CC4)sc3n2)c2ccc(C)cc2)cc1. The second-order valence-electron chi connectivity index (χ2n) is 8.03. The van der Waals surface area contributed by atoms with E-state index < -0.39 is 0 Å². The molecule has 0 saturated heterocycles. The molecule has 1 aliphatic carbocycles. The van der Waals surface area contributed by atoms with E-state index in [0.29, 0.717) is 24.0 Å². The van der Waals surface area contributed by atoms with Gasteiger partial charge in [-0.2, -0.15) is 9.61 Å². The molecule has 1 saturated carbocycles. The second kappa shape index (κ2) is 8.15. The van der Waals surface area contributed by atoms with Crippen molar-refractivity contribution in [2.24, 2.45) is 0 Å². The van der Waals surface area contributed by atoms with E-state index in [1.165, 1.54) is 21.4 Å². The van der Waals surface area contributed by atoms with E-state index in [2.05, 4.69) is 53.3 Å². The second-order valence-corrected chi connectivity index (χ2v) is 9.02. The molecule has 2 heterocycles. The minimum absolute atomic E-state index is 0.114. The lowest BCUT2D eigenvalue weighted by Crippen LogP contribution is -2.25. The van der Waals surface area contributed by atoms with Crippen molar-refractivity contribution in [2.75, 3.05) is 12.0 Å². The zero-order valence-electron chi connectivity index (χ0n) is 17.6. The van der Waals surface area contributed by atoms with Gasteiger partial charge in [0, 0.05) is 24.2 Å². The first-order chi connectivity index (χ1) is 15.1. The molecule has 0 bridgehead atoms. The Morgan fingerprint density at radius 2 is 1.84 bits per heavy atom. The smallest absolute Gasteiger partial charge is 0.275 e. The van der Waals surface area contributed by atoms with Crippen LogP contribution in [0, 0.1) is 6.92 Å². The number of aromatic nitrogens is 3. The van der Waals surface area contributed by atoms with Crippen molar-refractivity contribution in [3.8, 4) is 5.75 Å². The topological polar surface area (TPSA) is 59.7 Å². The Morgan fingerprint density at radius 3 is 2.52 bits per heavy atom. The van der Waals surface area contributed by atoms with E-state index >= 15 is 0 Å². The Hall–Kier alpha value is -3.19. The molecule has 6 nitrogen and oxygen atoms in total. The highest BCUT2D eigenvalue weighted by Gasteiger charge is 2.28. The number of rotatable bonds is 7. The molecule has 1 fully saturated rings. The number of hydrogen-bond acceptors (Lipinski definition) is 6. The third-order valence-electron chi connectivity index (χ3n) is 5.52. The van der Waals surface area contributed by atoms with Crippen molar-refractivity contribution in [3.63, 3.8) is 0 Å². The highest BCUT2D eigenvalue weighted by molar-refractivity contribution is 7.16. The summed E-state index contributed by atoms with van der Waals surface area (Å²) in [6, 6.07) is 18.1. The lowest BCUT2D eigenvalue weighted by molar-refractivity contribution is 0.414. The zero-order valence-corrected chi connectivity index (χ0v) is 18.4. The first kappa shape index (κ1) is 19.8. The summed E-state index contributed by atoms with van der Waals surface area (Å²) in [7, 11) is 1.67. The minimum Gasteiger partial charge on any atom is -0.497 e. The highest BCUT2D eigenvalue weighted by atomic mass is 32.1. The molecule has 2 aromatic carbocycles. The Kier molecular flexibility index (Phi) is 5.19. The predicted octanol–water partition coefficient (Wildman–Crippen LogP) is 4.55. The predicted molar refractivity (Wildman–Crippen MR) is 123 cm³/mol. The summed E-state index contributed by atoms with van der Waals surface area (Å²) in [6.45, 7) is 3.32. The number of benzene rings is 2. The standard InChI is InChI=1S/C24H24N4O2S/c1-16-3-9-20(10-4-16)27(14-17-5-11-21(30-2)12-6-17)15-19-13-22(29)28-24(25-19)31-23(26-28)18-7-8-18/h3-6,9-13,18H,7-8,14-15H2,1-2H3. The Morgan fingerprint density at radius 1 is 1.10 bits per heavy atom. The van der Waals surface area contributed by atoms with Crippen LogP contribution < -0.4 is 15.2 Å². The molecule has 5 rings (SSSR count). The van der Waals surface area contributed by atoms with E-state index in [-0.39, 0.29) is 5.56 Å². The molecule has 1 aliphatic rings. The average Bonchev–Trinajstić information content (AvgIpc) is 3.54. The maximum absolute atomic E-state index is 12.7. The number of ether oxygens (including phenoxy) is 1. The molecule has 4 aromatic rings. The fourth-order valence-corrected chi connectivity index (χ4v) is 4.68. The van der Waals surface area contributed by atoms with E-state index in [1.807, 2.05) is 12.1 Å². The summed E-state index contributed by atoms with van der Waals surface area (Å²) in [6.07, 6.45) is 2.31. The molecule has 0 atom stereocenters. The molecule has 2 aromatic heterocycles. The number of hydrogen-bond donors (Lipinski definition) is 0. The number of fused-ring (bicyclic) bond motifs is 1. The number of aryl methyl sites for hydroxylation is 1. The van der Waals surface area contributed by atoms with Crippen LogP contribution >= 0.6 is 11.3 Å². The number of anilines is 1. The Bertz CT molecular complexity index is 1260. The Balaban J connectivity index is 1.46. The maximum atomic E-state index is 12.7. The van der Waals surface area contributed by atoms with Crippen LogP contribution in [0.5, 0.6) is 5.75 Å². The number of nitrogens with zero attached hydrogens (tertiary/aromatic N) is 4. The largest absolute Gasteiger partial charge is 0.497 e. The molecule has 0 spiro atoms. The summed E-state index contributed by atoms with van der Waals surface area (Å²) >= 11 is 1.54. The van der Waals surface area contributed by atoms with Crippen LogP contribution in [0.15, 0.2) is 59.4 Å². The van der Waals surface area contributed by atoms with Gasteiger partial charge in [-0.15, -0.1) is 0 Å². The van der Waals surface area contributed by atoms with Crippen LogP contribution in [0.25, 0.3) is 4.96 Å². The van der Waals surface area contributed by atoms with E-state index in [4.69, 9.17) is 9.72 Å².